The van der Waals surface area contributed by atoms with Gasteiger partial charge in [-0.15, -0.1) is 13.2 Å². The Hall–Kier alpha value is -1.44. The molecule has 0 saturated heterocycles. The van der Waals surface area contributed by atoms with Gasteiger partial charge in [0, 0.05) is 12.1 Å². The summed E-state index contributed by atoms with van der Waals surface area (Å²) in [4.78, 5) is 0. The van der Waals surface area contributed by atoms with Gasteiger partial charge in [-0.1, -0.05) is 11.6 Å². The normalized spacial score (nSPS) is 11.7. The number of hydrogen-bond acceptors (Lipinski definition) is 3. The summed E-state index contributed by atoms with van der Waals surface area (Å²) in [6, 6.07) is 1.31. The third-order valence-electron chi connectivity index (χ3n) is 1.51. The topological polar surface area (TPSA) is 44.5 Å². The van der Waals surface area contributed by atoms with Crippen LogP contribution < -0.4 is 15.2 Å². The van der Waals surface area contributed by atoms with E-state index in [9.17, 15) is 22.0 Å². The lowest BCUT2D eigenvalue weighted by atomic mass is 10.3. The van der Waals surface area contributed by atoms with E-state index in [0.717, 1.165) is 6.07 Å². The van der Waals surface area contributed by atoms with Crippen molar-refractivity contribution in [3.63, 3.8) is 0 Å². The summed E-state index contributed by atoms with van der Waals surface area (Å²) >= 11 is 5.43. The molecule has 0 fully saturated rings. The molecule has 0 saturated carbocycles. The molecule has 9 heteroatoms. The molecule has 2 N–H and O–H groups in total. The van der Waals surface area contributed by atoms with E-state index in [0.29, 0.717) is 6.07 Å². The molecular weight excluding hydrogens is 273 g/mol. The number of nitrogens with two attached hydrogens (primary N) is 1. The van der Waals surface area contributed by atoms with Crippen molar-refractivity contribution in [1.82, 2.24) is 0 Å². The Bertz CT molecular complexity index is 410. The van der Waals surface area contributed by atoms with Crippen LogP contribution in [0.1, 0.15) is 0 Å². The molecule has 1 rings (SSSR count). The smallest absolute Gasteiger partial charge is 0.432 e. The molecule has 0 radical (unpaired) electrons. The summed E-state index contributed by atoms with van der Waals surface area (Å²) in [6.45, 7) is -3.24. The minimum Gasteiger partial charge on any atom is -0.432 e. The molecule has 0 unspecified atom stereocenters. The van der Waals surface area contributed by atoms with Crippen molar-refractivity contribution in [2.75, 3.05) is 5.73 Å². The Balaban J connectivity index is 3.06. The van der Waals surface area contributed by atoms with Crippen molar-refractivity contribution in [3.05, 3.63) is 17.2 Å². The van der Waals surface area contributed by atoms with E-state index in [1.807, 2.05) is 0 Å². The van der Waals surface area contributed by atoms with Crippen LogP contribution in [-0.4, -0.2) is 13.0 Å². The van der Waals surface area contributed by atoms with E-state index in [1.54, 1.807) is 0 Å². The summed E-state index contributed by atoms with van der Waals surface area (Å²) in [5, 5.41) is -0.387. The predicted octanol–water partition coefficient (Wildman–Crippen LogP) is 3.42. The number of hydrogen-bond donors (Lipinski definition) is 1. The van der Waals surface area contributed by atoms with E-state index in [1.165, 1.54) is 0 Å². The Morgan fingerprint density at radius 1 is 1.24 bits per heavy atom. The SMILES string of the molecule is Nc1c(Cl)cc(OC(F)(F)F)cc1OC(F)F. The van der Waals surface area contributed by atoms with Crippen molar-refractivity contribution >= 4 is 17.3 Å². The van der Waals surface area contributed by atoms with Crippen LogP contribution in [-0.2, 0) is 0 Å². The Morgan fingerprint density at radius 2 is 1.82 bits per heavy atom. The van der Waals surface area contributed by atoms with Gasteiger partial charge in [0.25, 0.3) is 0 Å². The van der Waals surface area contributed by atoms with Gasteiger partial charge < -0.3 is 15.2 Å². The number of ether oxygens (including phenoxy) is 2. The maximum Gasteiger partial charge on any atom is 0.573 e. The zero-order valence-electron chi connectivity index (χ0n) is 7.89. The third-order valence-corrected chi connectivity index (χ3v) is 1.83. The first-order chi connectivity index (χ1) is 7.69. The van der Waals surface area contributed by atoms with Gasteiger partial charge in [-0.05, 0) is 0 Å². The first-order valence-corrected chi connectivity index (χ1v) is 4.36. The van der Waals surface area contributed by atoms with E-state index in [2.05, 4.69) is 9.47 Å². The van der Waals surface area contributed by atoms with E-state index in [4.69, 9.17) is 17.3 Å². The van der Waals surface area contributed by atoms with E-state index >= 15 is 0 Å². The molecule has 0 spiro atoms. The van der Waals surface area contributed by atoms with Gasteiger partial charge >= 0.3 is 13.0 Å². The Labute approximate surface area is 96.9 Å². The molecule has 0 aliphatic heterocycles. The molecule has 0 aliphatic carbocycles. The lowest BCUT2D eigenvalue weighted by Gasteiger charge is -2.13. The fourth-order valence-corrected chi connectivity index (χ4v) is 1.16. The number of benzene rings is 1. The van der Waals surface area contributed by atoms with Gasteiger partial charge in [0.2, 0.25) is 0 Å². The zero-order valence-corrected chi connectivity index (χ0v) is 8.65. The number of alkyl halides is 5. The van der Waals surface area contributed by atoms with Crippen molar-refractivity contribution < 1.29 is 31.4 Å². The van der Waals surface area contributed by atoms with E-state index < -0.39 is 30.2 Å². The predicted molar refractivity (Wildman–Crippen MR) is 49.2 cm³/mol. The largest absolute Gasteiger partial charge is 0.573 e. The van der Waals surface area contributed by atoms with Crippen molar-refractivity contribution in [2.24, 2.45) is 0 Å². The molecule has 96 valence electrons. The average Bonchev–Trinajstić information content (AvgIpc) is 2.09. The molecule has 17 heavy (non-hydrogen) atoms. The summed E-state index contributed by atoms with van der Waals surface area (Å²) < 4.78 is 66.9. The molecule has 0 heterocycles. The highest BCUT2D eigenvalue weighted by Gasteiger charge is 2.31. The van der Waals surface area contributed by atoms with Gasteiger partial charge in [0.1, 0.15) is 5.75 Å². The fourth-order valence-electron chi connectivity index (χ4n) is 0.955. The Morgan fingerprint density at radius 3 is 2.29 bits per heavy atom. The van der Waals surface area contributed by atoms with Crippen molar-refractivity contribution in [1.29, 1.82) is 0 Å². The monoisotopic (exact) mass is 277 g/mol. The highest BCUT2D eigenvalue weighted by molar-refractivity contribution is 6.33. The van der Waals surface area contributed by atoms with Gasteiger partial charge in [-0.3, -0.25) is 0 Å². The summed E-state index contributed by atoms with van der Waals surface area (Å²) in [5.41, 5.74) is 4.84. The van der Waals surface area contributed by atoms with Gasteiger partial charge in [0.05, 0.1) is 10.7 Å². The van der Waals surface area contributed by atoms with Crippen LogP contribution in [0.5, 0.6) is 11.5 Å². The molecular formula is C8H5ClF5NO2. The summed E-state index contributed by atoms with van der Waals surface area (Å²) in [5.74, 6) is -1.49. The Kier molecular flexibility index (Phi) is 3.87. The second-order valence-electron chi connectivity index (χ2n) is 2.74. The first-order valence-electron chi connectivity index (χ1n) is 3.98. The lowest BCUT2D eigenvalue weighted by molar-refractivity contribution is -0.274. The van der Waals surface area contributed by atoms with Crippen LogP contribution in [0.25, 0.3) is 0 Å². The number of rotatable bonds is 3. The summed E-state index contributed by atoms with van der Waals surface area (Å²) in [6.07, 6.45) is -4.97. The highest BCUT2D eigenvalue weighted by Crippen LogP contribution is 2.37. The van der Waals surface area contributed by atoms with Crippen LogP contribution in [0, 0.1) is 0 Å². The van der Waals surface area contributed by atoms with Gasteiger partial charge in [-0.25, -0.2) is 0 Å². The third kappa shape index (κ3) is 4.14. The first kappa shape index (κ1) is 13.6. The van der Waals surface area contributed by atoms with Crippen molar-refractivity contribution in [3.8, 4) is 11.5 Å². The van der Waals surface area contributed by atoms with E-state index in [-0.39, 0.29) is 5.02 Å². The molecule has 0 amide bonds. The standard InChI is InChI=1S/C8H5ClF5NO2/c9-4-1-3(17-8(12,13)14)2-5(6(4)15)16-7(10)11/h1-2,7H,15H2. The van der Waals surface area contributed by atoms with Crippen LogP contribution in [0.2, 0.25) is 5.02 Å². The second kappa shape index (κ2) is 4.82. The molecule has 1 aromatic rings. The minimum absolute atomic E-state index is 0.387. The fraction of sp³-hybridized carbons (Fsp3) is 0.250. The molecule has 1 aromatic carbocycles. The summed E-state index contributed by atoms with van der Waals surface area (Å²) in [7, 11) is 0. The lowest BCUT2D eigenvalue weighted by Crippen LogP contribution is -2.17. The highest BCUT2D eigenvalue weighted by atomic mass is 35.5. The average molecular weight is 278 g/mol. The van der Waals surface area contributed by atoms with Gasteiger partial charge in [-0.2, -0.15) is 8.78 Å². The molecule has 0 bridgehead atoms. The van der Waals surface area contributed by atoms with Crippen LogP contribution in [0.3, 0.4) is 0 Å². The maximum absolute atomic E-state index is 11.9. The van der Waals surface area contributed by atoms with Crippen LogP contribution in [0.4, 0.5) is 27.6 Å². The number of halogens is 6. The minimum atomic E-state index is -4.97. The maximum atomic E-state index is 11.9. The quantitative estimate of drug-likeness (QED) is 0.680. The number of anilines is 1. The second-order valence-corrected chi connectivity index (χ2v) is 3.15. The molecule has 0 atom stereocenters. The van der Waals surface area contributed by atoms with Crippen LogP contribution in [0.15, 0.2) is 12.1 Å². The van der Waals surface area contributed by atoms with Crippen molar-refractivity contribution in [2.45, 2.75) is 13.0 Å². The zero-order chi connectivity index (χ0) is 13.2. The molecule has 3 nitrogen and oxygen atoms in total. The van der Waals surface area contributed by atoms with Crippen LogP contribution >= 0.6 is 11.6 Å². The molecule has 0 aliphatic rings. The molecule has 0 aromatic heterocycles. The number of nitrogen functional groups attached to an aromatic ring is 1. The van der Waals surface area contributed by atoms with Gasteiger partial charge in [0.15, 0.2) is 5.75 Å².